The summed E-state index contributed by atoms with van der Waals surface area (Å²) < 4.78 is 0. The number of oxime groups is 1. The van der Waals surface area contributed by atoms with Crippen LogP contribution >= 0.6 is 0 Å². The van der Waals surface area contributed by atoms with Crippen LogP contribution in [-0.4, -0.2) is 23.5 Å². The smallest absolute Gasteiger partial charge is 0.223 e. The number of carbonyl (C=O) groups is 1. The van der Waals surface area contributed by atoms with Gasteiger partial charge in [-0.1, -0.05) is 25.9 Å². The molecule has 76 valence electrons. The fourth-order valence-corrected chi connectivity index (χ4v) is 0.677. The summed E-state index contributed by atoms with van der Waals surface area (Å²) >= 11 is 0. The Bertz CT molecular complexity index is 202. The van der Waals surface area contributed by atoms with Crippen molar-refractivity contribution < 1.29 is 10.0 Å². The van der Waals surface area contributed by atoms with Crippen molar-refractivity contribution in [3.8, 4) is 0 Å². The second kappa shape index (κ2) is 5.40. The predicted octanol–water partition coefficient (Wildman–Crippen LogP) is 0.141. The lowest BCUT2D eigenvalue weighted by Gasteiger charge is -2.14. The van der Waals surface area contributed by atoms with Crippen molar-refractivity contribution in [2.75, 3.05) is 6.54 Å². The molecule has 0 saturated carbocycles. The van der Waals surface area contributed by atoms with E-state index in [9.17, 15) is 4.79 Å². The number of nitrogens with two attached hydrogens (primary N) is 1. The first-order valence-electron chi connectivity index (χ1n) is 4.23. The van der Waals surface area contributed by atoms with Crippen LogP contribution in [0, 0.1) is 11.8 Å². The third-order valence-electron chi connectivity index (χ3n) is 1.99. The zero-order valence-electron chi connectivity index (χ0n) is 8.24. The van der Waals surface area contributed by atoms with Gasteiger partial charge in [0.2, 0.25) is 5.91 Å². The number of hydrogen-bond donors (Lipinski definition) is 3. The number of amidine groups is 1. The van der Waals surface area contributed by atoms with Crippen molar-refractivity contribution in [1.82, 2.24) is 5.32 Å². The van der Waals surface area contributed by atoms with Crippen molar-refractivity contribution in [1.29, 1.82) is 0 Å². The molecule has 1 amide bonds. The SMILES string of the molecule is CC(C)C(C)C(=O)NCC(N)=NO. The summed E-state index contributed by atoms with van der Waals surface area (Å²) in [5.74, 6) is 0.143. The van der Waals surface area contributed by atoms with Gasteiger partial charge in [0, 0.05) is 5.92 Å². The average Bonchev–Trinajstić information content (AvgIpc) is 2.11. The van der Waals surface area contributed by atoms with Gasteiger partial charge in [0.15, 0.2) is 5.84 Å². The van der Waals surface area contributed by atoms with Crippen LogP contribution in [0.3, 0.4) is 0 Å². The molecule has 0 spiro atoms. The minimum absolute atomic E-state index is 0.00399. The van der Waals surface area contributed by atoms with Crippen LogP contribution in [0.15, 0.2) is 5.16 Å². The molecule has 13 heavy (non-hydrogen) atoms. The van der Waals surface area contributed by atoms with Gasteiger partial charge in [-0.05, 0) is 5.92 Å². The van der Waals surface area contributed by atoms with E-state index >= 15 is 0 Å². The Kier molecular flexibility index (Phi) is 4.87. The summed E-state index contributed by atoms with van der Waals surface area (Å²) in [4.78, 5) is 11.3. The van der Waals surface area contributed by atoms with Gasteiger partial charge in [0.05, 0.1) is 6.54 Å². The van der Waals surface area contributed by atoms with Crippen molar-refractivity contribution >= 4 is 11.7 Å². The number of amides is 1. The normalized spacial score (nSPS) is 14.3. The first kappa shape index (κ1) is 11.7. The second-order valence-corrected chi connectivity index (χ2v) is 3.34. The molecule has 1 atom stereocenters. The van der Waals surface area contributed by atoms with Gasteiger partial charge in [-0.25, -0.2) is 0 Å². The molecule has 0 rings (SSSR count). The third-order valence-corrected chi connectivity index (χ3v) is 1.99. The van der Waals surface area contributed by atoms with Crippen molar-refractivity contribution in [2.45, 2.75) is 20.8 Å². The summed E-state index contributed by atoms with van der Waals surface area (Å²) in [6.45, 7) is 5.86. The van der Waals surface area contributed by atoms with Crippen LogP contribution < -0.4 is 11.1 Å². The quantitative estimate of drug-likeness (QED) is 0.253. The maximum Gasteiger partial charge on any atom is 0.223 e. The monoisotopic (exact) mass is 187 g/mol. The lowest BCUT2D eigenvalue weighted by Crippen LogP contribution is -2.37. The van der Waals surface area contributed by atoms with Gasteiger partial charge in [0.25, 0.3) is 0 Å². The minimum Gasteiger partial charge on any atom is -0.409 e. The topological polar surface area (TPSA) is 87.7 Å². The molecule has 5 heteroatoms. The molecule has 0 fully saturated rings. The van der Waals surface area contributed by atoms with E-state index in [0.29, 0.717) is 0 Å². The highest BCUT2D eigenvalue weighted by molar-refractivity contribution is 5.87. The fraction of sp³-hybridized carbons (Fsp3) is 0.750. The summed E-state index contributed by atoms with van der Waals surface area (Å²) in [5.41, 5.74) is 5.18. The zero-order chi connectivity index (χ0) is 10.4. The Morgan fingerprint density at radius 1 is 1.54 bits per heavy atom. The largest absolute Gasteiger partial charge is 0.409 e. The average molecular weight is 187 g/mol. The zero-order valence-corrected chi connectivity index (χ0v) is 8.24. The lowest BCUT2D eigenvalue weighted by atomic mass is 9.97. The Hall–Kier alpha value is -1.26. The van der Waals surface area contributed by atoms with Crippen LogP contribution in [0.2, 0.25) is 0 Å². The second-order valence-electron chi connectivity index (χ2n) is 3.34. The molecule has 0 radical (unpaired) electrons. The summed E-state index contributed by atoms with van der Waals surface area (Å²) in [6, 6.07) is 0. The van der Waals surface area contributed by atoms with Crippen molar-refractivity contribution in [3.63, 3.8) is 0 Å². The van der Waals surface area contributed by atoms with E-state index in [0.717, 1.165) is 0 Å². The van der Waals surface area contributed by atoms with Crippen LogP contribution in [0.1, 0.15) is 20.8 Å². The molecule has 5 nitrogen and oxygen atoms in total. The fourth-order valence-electron chi connectivity index (χ4n) is 0.677. The van der Waals surface area contributed by atoms with Crippen LogP contribution in [0.5, 0.6) is 0 Å². The summed E-state index contributed by atoms with van der Waals surface area (Å²) in [6.07, 6.45) is 0. The first-order chi connectivity index (χ1) is 5.99. The van der Waals surface area contributed by atoms with Crippen LogP contribution in [0.25, 0.3) is 0 Å². The van der Waals surface area contributed by atoms with Gasteiger partial charge in [-0.2, -0.15) is 0 Å². The van der Waals surface area contributed by atoms with E-state index in [1.807, 2.05) is 20.8 Å². The van der Waals surface area contributed by atoms with Crippen molar-refractivity contribution in [3.05, 3.63) is 0 Å². The molecule has 0 aliphatic rings. The number of carbonyl (C=O) groups excluding carboxylic acids is 1. The highest BCUT2D eigenvalue weighted by Gasteiger charge is 2.15. The molecule has 0 aromatic rings. The standard InChI is InChI=1S/C8H17N3O2/c1-5(2)6(3)8(12)10-4-7(9)11-13/h5-6,13H,4H2,1-3H3,(H2,9,11)(H,10,12). The van der Waals surface area contributed by atoms with Crippen LogP contribution in [-0.2, 0) is 4.79 Å². The molecule has 0 aromatic heterocycles. The molecule has 0 bridgehead atoms. The molecule has 1 unspecified atom stereocenters. The number of nitrogens with one attached hydrogen (secondary N) is 1. The molecule has 4 N–H and O–H groups in total. The summed E-state index contributed by atoms with van der Waals surface area (Å²) in [5, 5.41) is 13.5. The molecule has 0 saturated heterocycles. The molecule has 0 heterocycles. The van der Waals surface area contributed by atoms with E-state index < -0.39 is 0 Å². The van der Waals surface area contributed by atoms with E-state index in [-0.39, 0.29) is 30.1 Å². The lowest BCUT2D eigenvalue weighted by molar-refractivity contribution is -0.125. The minimum atomic E-state index is -0.0819. The molecule has 0 aromatic carbocycles. The Morgan fingerprint density at radius 2 is 2.08 bits per heavy atom. The molecule has 0 aliphatic carbocycles. The Labute approximate surface area is 78.0 Å². The van der Waals surface area contributed by atoms with Gasteiger partial charge in [-0.3, -0.25) is 4.79 Å². The van der Waals surface area contributed by atoms with E-state index in [2.05, 4.69) is 10.5 Å². The van der Waals surface area contributed by atoms with Gasteiger partial charge < -0.3 is 16.3 Å². The highest BCUT2D eigenvalue weighted by atomic mass is 16.4. The number of rotatable bonds is 4. The van der Waals surface area contributed by atoms with E-state index in [1.165, 1.54) is 0 Å². The molecular formula is C8H17N3O2. The van der Waals surface area contributed by atoms with Gasteiger partial charge in [0.1, 0.15) is 0 Å². The number of nitrogens with zero attached hydrogens (tertiary/aromatic N) is 1. The van der Waals surface area contributed by atoms with Crippen molar-refractivity contribution in [2.24, 2.45) is 22.7 Å². The summed E-state index contributed by atoms with van der Waals surface area (Å²) in [7, 11) is 0. The first-order valence-corrected chi connectivity index (χ1v) is 4.23. The highest BCUT2D eigenvalue weighted by Crippen LogP contribution is 2.08. The molecule has 0 aliphatic heterocycles. The Balaban J connectivity index is 3.88. The van der Waals surface area contributed by atoms with E-state index in [1.54, 1.807) is 0 Å². The van der Waals surface area contributed by atoms with Gasteiger partial charge in [-0.15, -0.1) is 0 Å². The van der Waals surface area contributed by atoms with Gasteiger partial charge >= 0.3 is 0 Å². The van der Waals surface area contributed by atoms with Crippen LogP contribution in [0.4, 0.5) is 0 Å². The maximum atomic E-state index is 11.3. The van der Waals surface area contributed by atoms with E-state index in [4.69, 9.17) is 10.9 Å². The Morgan fingerprint density at radius 3 is 2.46 bits per heavy atom. The third kappa shape index (κ3) is 4.35. The number of hydrogen-bond acceptors (Lipinski definition) is 3. The maximum absolute atomic E-state index is 11.3. The predicted molar refractivity (Wildman–Crippen MR) is 50.4 cm³/mol. The molecular weight excluding hydrogens is 170 g/mol.